The fourth-order valence-electron chi connectivity index (χ4n) is 3.49. The largest absolute Gasteiger partial charge is 0.389 e. The third kappa shape index (κ3) is 3.39. The number of rotatable bonds is 5. The molecule has 2 nitrogen and oxygen atoms in total. The standard InChI is InChI=1S/C16H25NOS/c1-12-4-2-8-16(18,10-12)11-17-15(13-6-7-13)14-5-3-9-19-14/h3,5,9,12-13,15,17-18H,2,4,6-8,10-11H2,1H3. The molecule has 1 aromatic rings. The molecule has 2 aliphatic rings. The summed E-state index contributed by atoms with van der Waals surface area (Å²) in [7, 11) is 0. The SMILES string of the molecule is CC1CCCC(O)(CNC(c2cccs2)C2CC2)C1. The zero-order chi connectivity index (χ0) is 13.3. The highest BCUT2D eigenvalue weighted by molar-refractivity contribution is 7.10. The van der Waals surface area contributed by atoms with Crippen LogP contribution in [0, 0.1) is 11.8 Å². The zero-order valence-electron chi connectivity index (χ0n) is 11.8. The minimum atomic E-state index is -0.470. The molecule has 2 N–H and O–H groups in total. The van der Waals surface area contributed by atoms with Crippen molar-refractivity contribution in [1.82, 2.24) is 5.32 Å². The van der Waals surface area contributed by atoms with Crippen LogP contribution in [-0.4, -0.2) is 17.3 Å². The van der Waals surface area contributed by atoms with Crippen molar-refractivity contribution in [3.05, 3.63) is 22.4 Å². The predicted octanol–water partition coefficient (Wildman–Crippen LogP) is 3.73. The smallest absolute Gasteiger partial charge is 0.0774 e. The normalized spacial score (nSPS) is 33.3. The van der Waals surface area contributed by atoms with Crippen LogP contribution in [0.15, 0.2) is 17.5 Å². The van der Waals surface area contributed by atoms with Crippen molar-refractivity contribution in [2.75, 3.05) is 6.54 Å². The second-order valence-electron chi connectivity index (χ2n) is 6.64. The summed E-state index contributed by atoms with van der Waals surface area (Å²) in [5, 5.41) is 16.6. The van der Waals surface area contributed by atoms with Crippen LogP contribution in [0.25, 0.3) is 0 Å². The van der Waals surface area contributed by atoms with Crippen molar-refractivity contribution in [1.29, 1.82) is 0 Å². The molecule has 0 spiro atoms. The summed E-state index contributed by atoms with van der Waals surface area (Å²) < 4.78 is 0. The molecule has 2 fully saturated rings. The van der Waals surface area contributed by atoms with Crippen LogP contribution in [-0.2, 0) is 0 Å². The summed E-state index contributed by atoms with van der Waals surface area (Å²) in [4.78, 5) is 1.44. The van der Waals surface area contributed by atoms with Crippen molar-refractivity contribution in [3.8, 4) is 0 Å². The number of hydrogen-bond acceptors (Lipinski definition) is 3. The first-order valence-corrected chi connectivity index (χ1v) is 8.53. The molecule has 0 amide bonds. The minimum absolute atomic E-state index is 0.470. The fraction of sp³-hybridized carbons (Fsp3) is 0.750. The van der Waals surface area contributed by atoms with Crippen LogP contribution in [0.2, 0.25) is 0 Å². The maximum atomic E-state index is 10.7. The third-order valence-corrected chi connectivity index (χ3v) is 5.62. The average Bonchev–Trinajstić information content (AvgIpc) is 3.04. The topological polar surface area (TPSA) is 32.3 Å². The predicted molar refractivity (Wildman–Crippen MR) is 80.4 cm³/mol. The fourth-order valence-corrected chi connectivity index (χ4v) is 4.38. The molecule has 1 heterocycles. The van der Waals surface area contributed by atoms with E-state index in [9.17, 15) is 5.11 Å². The van der Waals surface area contributed by atoms with Crippen LogP contribution in [0.3, 0.4) is 0 Å². The summed E-state index contributed by atoms with van der Waals surface area (Å²) in [5.74, 6) is 1.46. The Hall–Kier alpha value is -0.380. The van der Waals surface area contributed by atoms with Gasteiger partial charge in [-0.1, -0.05) is 25.8 Å². The molecule has 0 radical (unpaired) electrons. The van der Waals surface area contributed by atoms with E-state index >= 15 is 0 Å². The molecule has 3 unspecified atom stereocenters. The number of nitrogens with one attached hydrogen (secondary N) is 1. The second-order valence-corrected chi connectivity index (χ2v) is 7.62. The van der Waals surface area contributed by atoms with Gasteiger partial charge in [-0.3, -0.25) is 0 Å². The average molecular weight is 279 g/mol. The van der Waals surface area contributed by atoms with Crippen LogP contribution in [0.5, 0.6) is 0 Å². The van der Waals surface area contributed by atoms with Crippen LogP contribution in [0.4, 0.5) is 0 Å². The van der Waals surface area contributed by atoms with Gasteiger partial charge in [-0.2, -0.15) is 0 Å². The minimum Gasteiger partial charge on any atom is -0.389 e. The van der Waals surface area contributed by atoms with E-state index in [1.807, 2.05) is 11.3 Å². The summed E-state index contributed by atoms with van der Waals surface area (Å²) in [6, 6.07) is 4.84. The third-order valence-electron chi connectivity index (χ3n) is 4.66. The van der Waals surface area contributed by atoms with Gasteiger partial charge in [0.05, 0.1) is 5.60 Å². The maximum Gasteiger partial charge on any atom is 0.0774 e. The highest BCUT2D eigenvalue weighted by Gasteiger charge is 2.37. The quantitative estimate of drug-likeness (QED) is 0.861. The lowest BCUT2D eigenvalue weighted by Crippen LogP contribution is -2.45. The molecule has 0 saturated heterocycles. The monoisotopic (exact) mass is 279 g/mol. The van der Waals surface area contributed by atoms with Gasteiger partial charge in [0.15, 0.2) is 0 Å². The summed E-state index contributed by atoms with van der Waals surface area (Å²) in [5.41, 5.74) is -0.470. The Morgan fingerprint density at radius 2 is 2.32 bits per heavy atom. The van der Waals surface area contributed by atoms with Crippen LogP contribution < -0.4 is 5.32 Å². The molecule has 0 aliphatic heterocycles. The molecule has 2 saturated carbocycles. The summed E-state index contributed by atoms with van der Waals surface area (Å²) in [6.45, 7) is 3.03. The first kappa shape index (κ1) is 13.6. The number of hydrogen-bond donors (Lipinski definition) is 2. The highest BCUT2D eigenvalue weighted by atomic mass is 32.1. The molecule has 2 aliphatic carbocycles. The van der Waals surface area contributed by atoms with Crippen molar-refractivity contribution >= 4 is 11.3 Å². The Morgan fingerprint density at radius 1 is 1.47 bits per heavy atom. The van der Waals surface area contributed by atoms with E-state index in [-0.39, 0.29) is 0 Å². The lowest BCUT2D eigenvalue weighted by Gasteiger charge is -2.37. The molecular weight excluding hydrogens is 254 g/mol. The first-order valence-electron chi connectivity index (χ1n) is 7.65. The van der Waals surface area contributed by atoms with E-state index in [2.05, 4.69) is 29.8 Å². The molecule has 0 bridgehead atoms. The van der Waals surface area contributed by atoms with Gasteiger partial charge >= 0.3 is 0 Å². The van der Waals surface area contributed by atoms with Gasteiger partial charge in [0.1, 0.15) is 0 Å². The van der Waals surface area contributed by atoms with Crippen molar-refractivity contribution < 1.29 is 5.11 Å². The molecule has 106 valence electrons. The lowest BCUT2D eigenvalue weighted by molar-refractivity contribution is -0.0142. The zero-order valence-corrected chi connectivity index (χ0v) is 12.6. The maximum absolute atomic E-state index is 10.7. The van der Waals surface area contributed by atoms with Gasteiger partial charge in [0, 0.05) is 17.5 Å². The Bertz CT molecular complexity index is 401. The van der Waals surface area contributed by atoms with Crippen LogP contribution in [0.1, 0.15) is 56.4 Å². The molecule has 3 atom stereocenters. The Morgan fingerprint density at radius 3 is 2.95 bits per heavy atom. The first-order chi connectivity index (χ1) is 9.16. The van der Waals surface area contributed by atoms with Crippen molar-refractivity contribution in [2.24, 2.45) is 11.8 Å². The van der Waals surface area contributed by atoms with E-state index in [4.69, 9.17) is 0 Å². The van der Waals surface area contributed by atoms with Gasteiger partial charge in [-0.15, -0.1) is 11.3 Å². The Balaban J connectivity index is 1.60. The van der Waals surface area contributed by atoms with Gasteiger partial charge in [-0.25, -0.2) is 0 Å². The van der Waals surface area contributed by atoms with Gasteiger partial charge in [-0.05, 0) is 49.0 Å². The molecule has 1 aromatic heterocycles. The Kier molecular flexibility index (Phi) is 3.97. The molecule has 0 aromatic carbocycles. The number of aliphatic hydroxyl groups is 1. The van der Waals surface area contributed by atoms with Crippen molar-refractivity contribution in [2.45, 2.75) is 57.1 Å². The van der Waals surface area contributed by atoms with Crippen molar-refractivity contribution in [3.63, 3.8) is 0 Å². The van der Waals surface area contributed by atoms with Gasteiger partial charge in [0.25, 0.3) is 0 Å². The molecule has 19 heavy (non-hydrogen) atoms. The molecular formula is C16H25NOS. The van der Waals surface area contributed by atoms with E-state index in [0.717, 1.165) is 25.3 Å². The second kappa shape index (κ2) is 5.55. The van der Waals surface area contributed by atoms with E-state index in [0.29, 0.717) is 12.0 Å². The van der Waals surface area contributed by atoms with Crippen LogP contribution >= 0.6 is 11.3 Å². The molecule has 3 heteroatoms. The summed E-state index contributed by atoms with van der Waals surface area (Å²) in [6.07, 6.45) is 7.05. The van der Waals surface area contributed by atoms with E-state index in [1.165, 1.54) is 30.6 Å². The lowest BCUT2D eigenvalue weighted by atomic mass is 9.79. The highest BCUT2D eigenvalue weighted by Crippen LogP contribution is 2.43. The number of thiophene rings is 1. The van der Waals surface area contributed by atoms with E-state index < -0.39 is 5.60 Å². The van der Waals surface area contributed by atoms with E-state index in [1.54, 1.807) is 0 Å². The summed E-state index contributed by atoms with van der Waals surface area (Å²) >= 11 is 1.84. The molecule has 3 rings (SSSR count). The van der Waals surface area contributed by atoms with Gasteiger partial charge < -0.3 is 10.4 Å². The Labute approximate surface area is 120 Å². The van der Waals surface area contributed by atoms with Gasteiger partial charge in [0.2, 0.25) is 0 Å².